The summed E-state index contributed by atoms with van der Waals surface area (Å²) in [5, 5.41) is 9.20. The lowest BCUT2D eigenvalue weighted by Gasteiger charge is -2.28. The molecule has 0 aromatic carbocycles. The van der Waals surface area contributed by atoms with Crippen molar-refractivity contribution >= 4 is 23.4 Å². The molecule has 1 aromatic heterocycles. The van der Waals surface area contributed by atoms with Crippen LogP contribution < -0.4 is 4.90 Å². The van der Waals surface area contributed by atoms with E-state index in [2.05, 4.69) is 9.88 Å². The standard InChI is InChI=1S/C11H13ClN2O2/c12-9-8(11(15)16)4-5-13-10(9)14-6-2-1-3-7-14/h4-5H,1-3,6-7H2,(H,15,16). The van der Waals surface area contributed by atoms with Crippen molar-refractivity contribution in [2.24, 2.45) is 0 Å². The number of carboxylic acid groups (broad SMARTS) is 1. The van der Waals surface area contributed by atoms with Crippen LogP contribution in [0.25, 0.3) is 0 Å². The molecule has 1 fully saturated rings. The summed E-state index contributed by atoms with van der Waals surface area (Å²) in [4.78, 5) is 17.2. The summed E-state index contributed by atoms with van der Waals surface area (Å²) in [5.74, 6) is -0.410. The minimum Gasteiger partial charge on any atom is -0.478 e. The van der Waals surface area contributed by atoms with E-state index in [1.807, 2.05) is 0 Å². The summed E-state index contributed by atoms with van der Waals surface area (Å²) < 4.78 is 0. The molecule has 0 radical (unpaired) electrons. The zero-order valence-electron chi connectivity index (χ0n) is 8.82. The molecule has 1 aromatic rings. The number of piperidine rings is 1. The van der Waals surface area contributed by atoms with Gasteiger partial charge >= 0.3 is 5.97 Å². The van der Waals surface area contributed by atoms with Gasteiger partial charge in [-0.25, -0.2) is 9.78 Å². The summed E-state index contributed by atoms with van der Waals surface area (Å²) in [6.45, 7) is 1.80. The molecule has 0 saturated carbocycles. The zero-order valence-corrected chi connectivity index (χ0v) is 9.57. The van der Waals surface area contributed by atoms with E-state index in [4.69, 9.17) is 16.7 Å². The smallest absolute Gasteiger partial charge is 0.337 e. The predicted octanol–water partition coefficient (Wildman–Crippen LogP) is 2.42. The Morgan fingerprint density at radius 3 is 2.69 bits per heavy atom. The van der Waals surface area contributed by atoms with Gasteiger partial charge in [-0.3, -0.25) is 0 Å². The Morgan fingerprint density at radius 2 is 2.06 bits per heavy atom. The molecule has 4 nitrogen and oxygen atoms in total. The first-order valence-electron chi connectivity index (χ1n) is 5.33. The summed E-state index contributed by atoms with van der Waals surface area (Å²) in [7, 11) is 0. The first-order valence-corrected chi connectivity index (χ1v) is 5.70. The van der Waals surface area contributed by atoms with E-state index in [1.54, 1.807) is 0 Å². The van der Waals surface area contributed by atoms with Crippen LogP contribution >= 0.6 is 11.6 Å². The Morgan fingerprint density at radius 1 is 1.38 bits per heavy atom. The molecule has 2 rings (SSSR count). The number of hydrogen-bond donors (Lipinski definition) is 1. The third-order valence-electron chi connectivity index (χ3n) is 2.76. The number of carbonyl (C=O) groups is 1. The van der Waals surface area contributed by atoms with Crippen LogP contribution in [-0.2, 0) is 0 Å². The van der Waals surface area contributed by atoms with E-state index in [1.165, 1.54) is 18.7 Å². The lowest BCUT2D eigenvalue weighted by atomic mass is 10.1. The van der Waals surface area contributed by atoms with E-state index in [-0.39, 0.29) is 10.6 Å². The fourth-order valence-electron chi connectivity index (χ4n) is 1.92. The number of hydrogen-bond acceptors (Lipinski definition) is 3. The van der Waals surface area contributed by atoms with E-state index in [0.29, 0.717) is 5.82 Å². The largest absolute Gasteiger partial charge is 0.478 e. The number of pyridine rings is 1. The van der Waals surface area contributed by atoms with Crippen molar-refractivity contribution in [2.45, 2.75) is 19.3 Å². The average Bonchev–Trinajstić information content (AvgIpc) is 2.30. The van der Waals surface area contributed by atoms with Crippen molar-refractivity contribution in [1.82, 2.24) is 4.98 Å². The third-order valence-corrected chi connectivity index (χ3v) is 3.13. The molecule has 1 aliphatic heterocycles. The second-order valence-electron chi connectivity index (χ2n) is 3.85. The van der Waals surface area contributed by atoms with Crippen molar-refractivity contribution in [3.05, 3.63) is 22.8 Å². The summed E-state index contributed by atoms with van der Waals surface area (Å²) >= 11 is 6.05. The first kappa shape index (κ1) is 11.2. The fourth-order valence-corrected chi connectivity index (χ4v) is 2.24. The minimum absolute atomic E-state index is 0.122. The van der Waals surface area contributed by atoms with Crippen molar-refractivity contribution in [3.8, 4) is 0 Å². The maximum Gasteiger partial charge on any atom is 0.337 e. The van der Waals surface area contributed by atoms with Gasteiger partial charge in [-0.15, -0.1) is 0 Å². The van der Waals surface area contributed by atoms with Crippen LogP contribution in [0.15, 0.2) is 12.3 Å². The number of aromatic nitrogens is 1. The van der Waals surface area contributed by atoms with Gasteiger partial charge < -0.3 is 10.0 Å². The molecule has 2 heterocycles. The highest BCUT2D eigenvalue weighted by atomic mass is 35.5. The molecule has 0 bridgehead atoms. The van der Waals surface area contributed by atoms with E-state index < -0.39 is 5.97 Å². The average molecular weight is 241 g/mol. The maximum atomic E-state index is 10.9. The van der Waals surface area contributed by atoms with Gasteiger partial charge in [-0.1, -0.05) is 11.6 Å². The minimum atomic E-state index is -1.01. The van der Waals surface area contributed by atoms with Crippen molar-refractivity contribution in [2.75, 3.05) is 18.0 Å². The predicted molar refractivity (Wildman–Crippen MR) is 62.3 cm³/mol. The molecule has 0 aliphatic carbocycles. The maximum absolute atomic E-state index is 10.9. The molecule has 1 saturated heterocycles. The number of carboxylic acids is 1. The normalized spacial score (nSPS) is 16.2. The highest BCUT2D eigenvalue weighted by Crippen LogP contribution is 2.28. The fraction of sp³-hybridized carbons (Fsp3) is 0.455. The Balaban J connectivity index is 2.33. The van der Waals surface area contributed by atoms with Gasteiger partial charge in [0.25, 0.3) is 0 Å². The summed E-state index contributed by atoms with van der Waals surface area (Å²) in [6, 6.07) is 1.43. The second kappa shape index (κ2) is 4.70. The van der Waals surface area contributed by atoms with Crippen LogP contribution in [0.2, 0.25) is 5.02 Å². The van der Waals surface area contributed by atoms with Crippen LogP contribution in [0.3, 0.4) is 0 Å². The zero-order chi connectivity index (χ0) is 11.5. The van der Waals surface area contributed by atoms with Gasteiger partial charge in [0, 0.05) is 19.3 Å². The van der Waals surface area contributed by atoms with Crippen LogP contribution in [0.5, 0.6) is 0 Å². The first-order chi connectivity index (χ1) is 7.70. The van der Waals surface area contributed by atoms with Gasteiger partial charge in [-0.05, 0) is 25.3 Å². The van der Waals surface area contributed by atoms with Crippen molar-refractivity contribution in [3.63, 3.8) is 0 Å². The van der Waals surface area contributed by atoms with Gasteiger partial charge in [0.2, 0.25) is 0 Å². The highest BCUT2D eigenvalue weighted by molar-refractivity contribution is 6.35. The highest BCUT2D eigenvalue weighted by Gasteiger charge is 2.19. The van der Waals surface area contributed by atoms with Crippen LogP contribution in [0, 0.1) is 0 Å². The molecule has 0 atom stereocenters. The lowest BCUT2D eigenvalue weighted by molar-refractivity contribution is 0.0697. The van der Waals surface area contributed by atoms with Gasteiger partial charge in [0.15, 0.2) is 0 Å². The second-order valence-corrected chi connectivity index (χ2v) is 4.23. The van der Waals surface area contributed by atoms with E-state index in [9.17, 15) is 4.79 Å². The molecule has 5 heteroatoms. The Kier molecular flexibility index (Phi) is 3.29. The number of rotatable bonds is 2. The molecule has 16 heavy (non-hydrogen) atoms. The van der Waals surface area contributed by atoms with E-state index >= 15 is 0 Å². The Labute approximate surface area is 98.9 Å². The van der Waals surface area contributed by atoms with Crippen molar-refractivity contribution in [1.29, 1.82) is 0 Å². The number of halogens is 1. The monoisotopic (exact) mass is 240 g/mol. The third kappa shape index (κ3) is 2.11. The van der Waals surface area contributed by atoms with Crippen molar-refractivity contribution < 1.29 is 9.90 Å². The molecular weight excluding hydrogens is 228 g/mol. The molecular formula is C11H13ClN2O2. The molecule has 1 aliphatic rings. The number of aromatic carboxylic acids is 1. The Hall–Kier alpha value is -1.29. The topological polar surface area (TPSA) is 53.4 Å². The van der Waals surface area contributed by atoms with Gasteiger partial charge in [0.05, 0.1) is 10.6 Å². The Bertz CT molecular complexity index is 403. The summed E-state index contributed by atoms with van der Waals surface area (Å²) in [5.41, 5.74) is 0.122. The molecule has 1 N–H and O–H groups in total. The quantitative estimate of drug-likeness (QED) is 0.863. The van der Waals surface area contributed by atoms with E-state index in [0.717, 1.165) is 25.9 Å². The SMILES string of the molecule is O=C(O)c1ccnc(N2CCCCC2)c1Cl. The van der Waals surface area contributed by atoms with Gasteiger partial charge in [-0.2, -0.15) is 0 Å². The molecule has 0 unspecified atom stereocenters. The van der Waals surface area contributed by atoms with Crippen LogP contribution in [-0.4, -0.2) is 29.1 Å². The lowest BCUT2D eigenvalue weighted by Crippen LogP contribution is -2.30. The number of nitrogens with zero attached hydrogens (tertiary/aromatic N) is 2. The number of anilines is 1. The molecule has 0 amide bonds. The van der Waals surface area contributed by atoms with Gasteiger partial charge in [0.1, 0.15) is 5.82 Å². The molecule has 86 valence electrons. The molecule has 0 spiro atoms. The van der Waals surface area contributed by atoms with Crippen LogP contribution in [0.4, 0.5) is 5.82 Å². The summed E-state index contributed by atoms with van der Waals surface area (Å²) in [6.07, 6.45) is 4.93. The van der Waals surface area contributed by atoms with Crippen LogP contribution in [0.1, 0.15) is 29.6 Å².